The minimum absolute atomic E-state index is 0.0822. The molecule has 0 bridgehead atoms. The number of ketones is 1. The number of tetrazole rings is 1. The minimum Gasteiger partial charge on any atom is -0.324 e. The van der Waals surface area contributed by atoms with Crippen molar-refractivity contribution in [1.29, 1.82) is 0 Å². The van der Waals surface area contributed by atoms with Crippen molar-refractivity contribution in [3.05, 3.63) is 95.0 Å². The van der Waals surface area contributed by atoms with Crippen LogP contribution in [0.15, 0.2) is 78.9 Å². The Bertz CT molecular complexity index is 1220. The number of anilines is 1. The Kier molecular flexibility index (Phi) is 5.86. The van der Waals surface area contributed by atoms with E-state index < -0.39 is 6.04 Å². The van der Waals surface area contributed by atoms with Crippen molar-refractivity contribution in [3.8, 4) is 11.4 Å². The number of benzene rings is 3. The maximum atomic E-state index is 13.2. The van der Waals surface area contributed by atoms with Gasteiger partial charge in [0.15, 0.2) is 11.8 Å². The van der Waals surface area contributed by atoms with Gasteiger partial charge in [-0.25, -0.2) is 0 Å². The highest BCUT2D eigenvalue weighted by atomic mass is 35.5. The van der Waals surface area contributed by atoms with Gasteiger partial charge >= 0.3 is 0 Å². The third kappa shape index (κ3) is 4.67. The lowest BCUT2D eigenvalue weighted by atomic mass is 10.1. The lowest BCUT2D eigenvalue weighted by Crippen LogP contribution is -2.28. The molecule has 0 aliphatic carbocycles. The van der Waals surface area contributed by atoms with Gasteiger partial charge < -0.3 is 5.32 Å². The second-order valence-electron chi connectivity index (χ2n) is 6.88. The predicted octanol–water partition coefficient (Wildman–Crippen LogP) is 4.42. The molecule has 1 N–H and O–H groups in total. The molecule has 1 amide bonds. The van der Waals surface area contributed by atoms with E-state index in [1.807, 2.05) is 30.3 Å². The van der Waals surface area contributed by atoms with Crippen LogP contribution in [0.4, 0.5) is 5.69 Å². The topological polar surface area (TPSA) is 89.8 Å². The van der Waals surface area contributed by atoms with Crippen LogP contribution >= 0.6 is 11.6 Å². The average molecular weight is 432 g/mol. The third-order valence-corrected chi connectivity index (χ3v) is 4.91. The Balaban J connectivity index is 1.67. The van der Waals surface area contributed by atoms with E-state index in [4.69, 9.17) is 11.6 Å². The molecule has 7 nitrogen and oxygen atoms in total. The normalized spacial score (nSPS) is 11.7. The van der Waals surface area contributed by atoms with Crippen LogP contribution in [-0.4, -0.2) is 31.9 Å². The third-order valence-electron chi connectivity index (χ3n) is 4.66. The van der Waals surface area contributed by atoms with Crippen molar-refractivity contribution in [2.45, 2.75) is 13.0 Å². The first-order chi connectivity index (χ1) is 15.0. The van der Waals surface area contributed by atoms with E-state index in [0.29, 0.717) is 27.7 Å². The molecule has 0 unspecified atom stereocenters. The van der Waals surface area contributed by atoms with Crippen molar-refractivity contribution in [1.82, 2.24) is 20.2 Å². The Morgan fingerprint density at radius 1 is 0.968 bits per heavy atom. The van der Waals surface area contributed by atoms with Crippen LogP contribution in [0.3, 0.4) is 0 Å². The Hall–Kier alpha value is -3.84. The van der Waals surface area contributed by atoms with Crippen molar-refractivity contribution in [2.75, 3.05) is 5.32 Å². The lowest BCUT2D eigenvalue weighted by molar-refractivity contribution is -0.118. The summed E-state index contributed by atoms with van der Waals surface area (Å²) in [6, 6.07) is 22.1. The predicted molar refractivity (Wildman–Crippen MR) is 118 cm³/mol. The summed E-state index contributed by atoms with van der Waals surface area (Å²) in [5.74, 6) is -0.0582. The van der Waals surface area contributed by atoms with Gasteiger partial charge in [0.25, 0.3) is 5.91 Å². The zero-order valence-corrected chi connectivity index (χ0v) is 17.3. The number of hydrogen-bond acceptors (Lipinski definition) is 5. The van der Waals surface area contributed by atoms with E-state index in [2.05, 4.69) is 20.7 Å². The summed E-state index contributed by atoms with van der Waals surface area (Å²) in [5.41, 5.74) is 2.45. The molecule has 0 saturated heterocycles. The van der Waals surface area contributed by atoms with Crippen molar-refractivity contribution < 1.29 is 9.59 Å². The first-order valence-corrected chi connectivity index (χ1v) is 9.91. The minimum atomic E-state index is -0.851. The summed E-state index contributed by atoms with van der Waals surface area (Å²) in [4.78, 5) is 26.2. The number of nitrogens with zero attached hydrogens (tertiary/aromatic N) is 4. The number of nitrogens with one attached hydrogen (secondary N) is 1. The number of carbonyl (C=O) groups is 2. The number of rotatable bonds is 6. The van der Waals surface area contributed by atoms with Gasteiger partial charge in [-0.3, -0.25) is 9.59 Å². The standard InChI is InChI=1S/C23H18ClN5O2/c1-15(30)18-8-5-9-20(14-18)25-23(31)21(16-6-3-2-4-7-16)29-27-22(26-28-29)17-10-12-19(24)13-11-17/h2-14,21H,1H3,(H,25,31)/t21-/m1/s1. The van der Waals surface area contributed by atoms with Crippen LogP contribution in [0.5, 0.6) is 0 Å². The number of hydrogen-bond donors (Lipinski definition) is 1. The molecule has 0 aliphatic heterocycles. The number of aromatic nitrogens is 4. The fourth-order valence-electron chi connectivity index (χ4n) is 3.10. The number of carbonyl (C=O) groups excluding carboxylic acids is 2. The van der Waals surface area contributed by atoms with Crippen LogP contribution in [0.1, 0.15) is 28.9 Å². The van der Waals surface area contributed by atoms with E-state index in [-0.39, 0.29) is 11.7 Å². The van der Waals surface area contributed by atoms with Crippen LogP contribution in [0.25, 0.3) is 11.4 Å². The molecule has 0 radical (unpaired) electrons. The molecular weight excluding hydrogens is 414 g/mol. The van der Waals surface area contributed by atoms with Gasteiger partial charge in [-0.05, 0) is 54.1 Å². The zero-order chi connectivity index (χ0) is 21.8. The number of Topliss-reactive ketones (excluding diaryl/α,β-unsaturated/α-hetero) is 1. The van der Waals surface area contributed by atoms with Gasteiger partial charge in [-0.2, -0.15) is 0 Å². The summed E-state index contributed by atoms with van der Waals surface area (Å²) in [6.45, 7) is 1.48. The molecule has 3 aromatic carbocycles. The quantitative estimate of drug-likeness (QED) is 0.456. The fraction of sp³-hybridized carbons (Fsp3) is 0.0870. The second-order valence-corrected chi connectivity index (χ2v) is 7.32. The maximum absolute atomic E-state index is 13.2. The van der Waals surface area contributed by atoms with Gasteiger partial charge in [0, 0.05) is 21.8 Å². The molecule has 4 aromatic rings. The van der Waals surface area contributed by atoms with E-state index in [1.54, 1.807) is 48.5 Å². The first-order valence-electron chi connectivity index (χ1n) is 9.53. The fourth-order valence-corrected chi connectivity index (χ4v) is 3.23. The van der Waals surface area contributed by atoms with Gasteiger partial charge in [-0.15, -0.1) is 15.0 Å². The molecule has 0 fully saturated rings. The van der Waals surface area contributed by atoms with Crippen molar-refractivity contribution in [2.24, 2.45) is 0 Å². The van der Waals surface area contributed by atoms with Crippen LogP contribution in [0.2, 0.25) is 5.02 Å². The van der Waals surface area contributed by atoms with Gasteiger partial charge in [0.2, 0.25) is 5.82 Å². The van der Waals surface area contributed by atoms with Crippen LogP contribution in [0, 0.1) is 0 Å². The molecule has 4 rings (SSSR count). The molecule has 8 heteroatoms. The SMILES string of the molecule is CC(=O)c1cccc(NC(=O)[C@@H](c2ccccc2)n2nnc(-c3ccc(Cl)cc3)n2)c1. The van der Waals surface area contributed by atoms with E-state index >= 15 is 0 Å². The number of halogens is 1. The van der Waals surface area contributed by atoms with Crippen molar-refractivity contribution in [3.63, 3.8) is 0 Å². The average Bonchev–Trinajstić information content (AvgIpc) is 3.25. The van der Waals surface area contributed by atoms with Gasteiger partial charge in [0.1, 0.15) is 0 Å². The number of amides is 1. The molecule has 0 spiro atoms. The molecule has 0 aliphatic rings. The van der Waals surface area contributed by atoms with Crippen molar-refractivity contribution >= 4 is 29.0 Å². The molecule has 1 aromatic heterocycles. The maximum Gasteiger partial charge on any atom is 0.255 e. The highest BCUT2D eigenvalue weighted by molar-refractivity contribution is 6.30. The molecule has 0 saturated carbocycles. The lowest BCUT2D eigenvalue weighted by Gasteiger charge is -2.16. The van der Waals surface area contributed by atoms with Gasteiger partial charge in [-0.1, -0.05) is 54.1 Å². The summed E-state index contributed by atoms with van der Waals surface area (Å²) >= 11 is 5.95. The molecule has 154 valence electrons. The highest BCUT2D eigenvalue weighted by Gasteiger charge is 2.26. The van der Waals surface area contributed by atoms with E-state index in [0.717, 1.165) is 5.56 Å². The molecule has 1 heterocycles. The second kappa shape index (κ2) is 8.89. The highest BCUT2D eigenvalue weighted by Crippen LogP contribution is 2.22. The summed E-state index contributed by atoms with van der Waals surface area (Å²) < 4.78 is 0. The molecular formula is C23H18ClN5O2. The summed E-state index contributed by atoms with van der Waals surface area (Å²) in [7, 11) is 0. The van der Waals surface area contributed by atoms with Crippen LogP contribution < -0.4 is 5.32 Å². The monoisotopic (exact) mass is 431 g/mol. The summed E-state index contributed by atoms with van der Waals surface area (Å²) in [5, 5.41) is 16.1. The zero-order valence-electron chi connectivity index (χ0n) is 16.6. The van der Waals surface area contributed by atoms with E-state index in [9.17, 15) is 9.59 Å². The Labute approximate surface area is 183 Å². The van der Waals surface area contributed by atoms with E-state index in [1.165, 1.54) is 11.7 Å². The Morgan fingerprint density at radius 3 is 2.42 bits per heavy atom. The first kappa shape index (κ1) is 20.4. The largest absolute Gasteiger partial charge is 0.324 e. The summed E-state index contributed by atoms with van der Waals surface area (Å²) in [6.07, 6.45) is 0. The van der Waals surface area contributed by atoms with Crippen LogP contribution in [-0.2, 0) is 4.79 Å². The molecule has 1 atom stereocenters. The Morgan fingerprint density at radius 2 is 1.71 bits per heavy atom. The molecule has 31 heavy (non-hydrogen) atoms. The smallest absolute Gasteiger partial charge is 0.255 e. The van der Waals surface area contributed by atoms with Gasteiger partial charge in [0.05, 0.1) is 0 Å².